The van der Waals surface area contributed by atoms with Gasteiger partial charge in [0, 0.05) is 31.4 Å². The van der Waals surface area contributed by atoms with Crippen molar-refractivity contribution in [1.29, 1.82) is 0 Å². The highest BCUT2D eigenvalue weighted by molar-refractivity contribution is 7.92. The number of amides is 1. The van der Waals surface area contributed by atoms with E-state index in [1.165, 1.54) is 31.4 Å². The summed E-state index contributed by atoms with van der Waals surface area (Å²) < 4.78 is 54.0. The number of hydrogen-bond donors (Lipinski definition) is 1. The zero-order valence-corrected chi connectivity index (χ0v) is 20.9. The number of non-ortho nitro benzene ring substituents is 1. The van der Waals surface area contributed by atoms with Gasteiger partial charge in [-0.05, 0) is 37.1 Å². The lowest BCUT2D eigenvalue weighted by atomic mass is 10.1. The third-order valence-corrected chi connectivity index (χ3v) is 7.30. The fourth-order valence-corrected chi connectivity index (χ4v) is 4.83. The molecular weight excluding hydrogens is 486 g/mol. The number of nitrogens with zero attached hydrogens (tertiary/aromatic N) is 2. The number of nitrogens with one attached hydrogen (secondary N) is 1. The molecule has 0 spiro atoms. The Hall–Kier alpha value is -3.19. The highest BCUT2D eigenvalue weighted by Crippen LogP contribution is 2.34. The van der Waals surface area contributed by atoms with Crippen LogP contribution >= 0.6 is 0 Å². The molecule has 2 aromatic rings. The van der Waals surface area contributed by atoms with Gasteiger partial charge in [-0.15, -0.1) is 0 Å². The van der Waals surface area contributed by atoms with E-state index in [2.05, 4.69) is 5.32 Å². The molecule has 0 aliphatic carbocycles. The van der Waals surface area contributed by atoms with Crippen LogP contribution in [-0.2, 0) is 24.7 Å². The highest BCUT2D eigenvalue weighted by atomic mass is 32.2. The maximum Gasteiger partial charge on any atom is 0.271 e. The summed E-state index contributed by atoms with van der Waals surface area (Å²) >= 11 is 0. The van der Waals surface area contributed by atoms with Crippen LogP contribution in [0.25, 0.3) is 0 Å². The molecule has 0 radical (unpaired) electrons. The Morgan fingerprint density at radius 2 is 1.74 bits per heavy atom. The van der Waals surface area contributed by atoms with Crippen molar-refractivity contribution in [3.05, 3.63) is 58.1 Å². The SMILES string of the molecule is COc1ccc([N+](=O)[O-])cc1N(CCCC(=O)NC(C)c1ccc(S(C)(=O)=O)cc1)S(C)(=O)=O. The average molecular weight is 514 g/mol. The first-order valence-electron chi connectivity index (χ1n) is 10.1. The maximum absolute atomic E-state index is 12.4. The van der Waals surface area contributed by atoms with E-state index in [-0.39, 0.29) is 47.3 Å². The second-order valence-corrected chi connectivity index (χ2v) is 11.6. The third kappa shape index (κ3) is 7.15. The molecule has 186 valence electrons. The molecule has 0 bridgehead atoms. The van der Waals surface area contributed by atoms with Crippen molar-refractivity contribution >= 4 is 37.1 Å². The molecule has 1 atom stereocenters. The van der Waals surface area contributed by atoms with E-state index < -0.39 is 30.8 Å². The van der Waals surface area contributed by atoms with Gasteiger partial charge < -0.3 is 10.1 Å². The van der Waals surface area contributed by atoms with E-state index in [9.17, 15) is 31.7 Å². The molecule has 11 nitrogen and oxygen atoms in total. The van der Waals surface area contributed by atoms with Gasteiger partial charge in [0.2, 0.25) is 15.9 Å². The number of nitro groups is 1. The molecule has 0 aliphatic heterocycles. The van der Waals surface area contributed by atoms with Crippen LogP contribution in [0.2, 0.25) is 0 Å². The number of carbonyl (C=O) groups excluding carboxylic acids is 1. The van der Waals surface area contributed by atoms with E-state index in [1.807, 2.05) is 0 Å². The summed E-state index contributed by atoms with van der Waals surface area (Å²) in [5.74, 6) is -0.189. The Morgan fingerprint density at radius 1 is 1.12 bits per heavy atom. The van der Waals surface area contributed by atoms with Crippen LogP contribution in [0.1, 0.15) is 31.4 Å². The Labute approximate surface area is 198 Å². The number of rotatable bonds is 11. The summed E-state index contributed by atoms with van der Waals surface area (Å²) in [6.45, 7) is 1.64. The number of ether oxygens (including phenoxy) is 1. The summed E-state index contributed by atoms with van der Waals surface area (Å²) in [6, 6.07) is 9.39. The average Bonchev–Trinajstić information content (AvgIpc) is 2.74. The van der Waals surface area contributed by atoms with Gasteiger partial charge in [-0.2, -0.15) is 0 Å². The number of anilines is 1. The topological polar surface area (TPSA) is 153 Å². The van der Waals surface area contributed by atoms with Gasteiger partial charge in [-0.3, -0.25) is 19.2 Å². The van der Waals surface area contributed by atoms with Crippen LogP contribution in [0, 0.1) is 10.1 Å². The molecule has 0 heterocycles. The van der Waals surface area contributed by atoms with Crippen molar-refractivity contribution in [1.82, 2.24) is 5.32 Å². The second kappa shape index (κ2) is 10.8. The normalized spacial score (nSPS) is 12.6. The van der Waals surface area contributed by atoms with E-state index >= 15 is 0 Å². The zero-order valence-electron chi connectivity index (χ0n) is 19.2. The van der Waals surface area contributed by atoms with Crippen molar-refractivity contribution in [3.63, 3.8) is 0 Å². The van der Waals surface area contributed by atoms with Crippen molar-refractivity contribution in [2.24, 2.45) is 0 Å². The third-order valence-electron chi connectivity index (χ3n) is 4.99. The first kappa shape index (κ1) is 27.1. The van der Waals surface area contributed by atoms with Gasteiger partial charge in [0.25, 0.3) is 5.69 Å². The van der Waals surface area contributed by atoms with Crippen molar-refractivity contribution in [3.8, 4) is 5.75 Å². The standard InChI is InChI=1S/C21H27N3O8S2/c1-15(16-7-10-18(11-8-16)33(3,28)29)22-21(25)6-5-13-23(34(4,30)31)19-14-17(24(26)27)9-12-20(19)32-2/h7-12,14-15H,5-6,13H2,1-4H3,(H,22,25). The van der Waals surface area contributed by atoms with E-state index in [4.69, 9.17) is 4.74 Å². The lowest BCUT2D eigenvalue weighted by Gasteiger charge is -2.24. The van der Waals surface area contributed by atoms with E-state index in [0.29, 0.717) is 5.56 Å². The Morgan fingerprint density at radius 3 is 2.24 bits per heavy atom. The molecule has 1 N–H and O–H groups in total. The molecule has 0 saturated carbocycles. The quantitative estimate of drug-likeness (QED) is 0.355. The summed E-state index contributed by atoms with van der Waals surface area (Å²) in [5, 5.41) is 13.9. The molecule has 34 heavy (non-hydrogen) atoms. The van der Waals surface area contributed by atoms with Crippen molar-refractivity contribution < 1.29 is 31.3 Å². The molecule has 0 aliphatic rings. The number of methoxy groups -OCH3 is 1. The Balaban J connectivity index is 2.07. The van der Waals surface area contributed by atoms with E-state index in [1.54, 1.807) is 19.1 Å². The number of sulfone groups is 1. The lowest BCUT2D eigenvalue weighted by Crippen LogP contribution is -2.33. The minimum atomic E-state index is -3.82. The number of nitro benzene ring substituents is 1. The Bertz CT molecular complexity index is 1260. The van der Waals surface area contributed by atoms with Gasteiger partial charge in [0.15, 0.2) is 9.84 Å². The van der Waals surface area contributed by atoms with Crippen LogP contribution in [0.15, 0.2) is 47.4 Å². The predicted octanol–water partition coefficient (Wildman–Crippen LogP) is 2.43. The summed E-state index contributed by atoms with van der Waals surface area (Å²) in [5.41, 5.74) is 0.427. The van der Waals surface area contributed by atoms with Crippen LogP contribution in [0.5, 0.6) is 5.75 Å². The molecule has 2 rings (SSSR count). The summed E-state index contributed by atoms with van der Waals surface area (Å²) in [7, 11) is -5.82. The van der Waals surface area contributed by atoms with E-state index in [0.717, 1.165) is 22.9 Å². The molecular formula is C21H27N3O8S2. The summed E-state index contributed by atoms with van der Waals surface area (Å²) in [6.07, 6.45) is 2.21. The van der Waals surface area contributed by atoms with Crippen LogP contribution in [-0.4, -0.2) is 53.8 Å². The predicted molar refractivity (Wildman–Crippen MR) is 127 cm³/mol. The molecule has 0 saturated heterocycles. The number of sulfonamides is 1. The minimum Gasteiger partial charge on any atom is -0.495 e. The largest absolute Gasteiger partial charge is 0.495 e. The van der Waals surface area contributed by atoms with Crippen LogP contribution in [0.4, 0.5) is 11.4 Å². The number of hydrogen-bond acceptors (Lipinski definition) is 8. The first-order valence-corrected chi connectivity index (χ1v) is 13.9. The van der Waals surface area contributed by atoms with Crippen molar-refractivity contribution in [2.45, 2.75) is 30.7 Å². The maximum atomic E-state index is 12.4. The fraction of sp³-hybridized carbons (Fsp3) is 0.381. The van der Waals surface area contributed by atoms with Crippen molar-refractivity contribution in [2.75, 3.05) is 30.5 Å². The first-order chi connectivity index (χ1) is 15.7. The molecule has 1 amide bonds. The number of carbonyl (C=O) groups is 1. The molecule has 0 fully saturated rings. The van der Waals surface area contributed by atoms with Gasteiger partial charge in [0.1, 0.15) is 11.4 Å². The van der Waals surface area contributed by atoms with Crippen LogP contribution in [0.3, 0.4) is 0 Å². The molecule has 2 aromatic carbocycles. The van der Waals surface area contributed by atoms with Crippen LogP contribution < -0.4 is 14.4 Å². The minimum absolute atomic E-state index is 0.00494. The van der Waals surface area contributed by atoms with Gasteiger partial charge in [0.05, 0.1) is 29.2 Å². The second-order valence-electron chi connectivity index (χ2n) is 7.68. The zero-order chi connectivity index (χ0) is 25.7. The summed E-state index contributed by atoms with van der Waals surface area (Å²) in [4.78, 5) is 23.1. The Kier molecular flexibility index (Phi) is 8.61. The molecule has 0 aromatic heterocycles. The smallest absolute Gasteiger partial charge is 0.271 e. The van der Waals surface area contributed by atoms with Gasteiger partial charge in [-0.1, -0.05) is 12.1 Å². The monoisotopic (exact) mass is 513 g/mol. The molecule has 13 heteroatoms. The fourth-order valence-electron chi connectivity index (χ4n) is 3.24. The van der Waals surface area contributed by atoms with Gasteiger partial charge >= 0.3 is 0 Å². The lowest BCUT2D eigenvalue weighted by molar-refractivity contribution is -0.384. The molecule has 1 unspecified atom stereocenters. The highest BCUT2D eigenvalue weighted by Gasteiger charge is 2.24. The number of benzene rings is 2. The van der Waals surface area contributed by atoms with Gasteiger partial charge in [-0.25, -0.2) is 16.8 Å².